The van der Waals surface area contributed by atoms with Crippen LogP contribution in [0.2, 0.25) is 0 Å². The maximum absolute atomic E-state index is 11.5. The highest BCUT2D eigenvalue weighted by Crippen LogP contribution is 2.25. The van der Waals surface area contributed by atoms with Crippen molar-refractivity contribution in [1.29, 1.82) is 0 Å². The van der Waals surface area contributed by atoms with Crippen LogP contribution < -0.4 is 0 Å². The molecule has 2 heteroatoms. The van der Waals surface area contributed by atoms with Crippen molar-refractivity contribution in [1.82, 2.24) is 0 Å². The Bertz CT molecular complexity index is 627. The number of carbonyl (C=O) groups excluding carboxylic acids is 1. The standard InChI is InChI=1S/C18H18O2/c1-13(2)18(19)20-12-16-10-7-11-17(14(16)3)15-8-5-4-6-9-15/h4-11H,1,12H2,2-3H3. The minimum absolute atomic E-state index is 0.276. The number of hydrogen-bond acceptors (Lipinski definition) is 2. The molecule has 0 atom stereocenters. The van der Waals surface area contributed by atoms with Crippen molar-refractivity contribution < 1.29 is 9.53 Å². The molecule has 2 nitrogen and oxygen atoms in total. The average molecular weight is 266 g/mol. The normalized spacial score (nSPS) is 10.1. The lowest BCUT2D eigenvalue weighted by atomic mass is 9.97. The van der Waals surface area contributed by atoms with E-state index in [-0.39, 0.29) is 12.6 Å². The SMILES string of the molecule is C=C(C)C(=O)OCc1cccc(-c2ccccc2)c1C. The fraction of sp³-hybridized carbons (Fsp3) is 0.167. The molecular formula is C18H18O2. The van der Waals surface area contributed by atoms with Crippen molar-refractivity contribution in [2.24, 2.45) is 0 Å². The molecule has 0 amide bonds. The largest absolute Gasteiger partial charge is 0.457 e. The maximum atomic E-state index is 11.5. The van der Waals surface area contributed by atoms with E-state index in [0.29, 0.717) is 5.57 Å². The van der Waals surface area contributed by atoms with E-state index in [1.807, 2.05) is 37.3 Å². The van der Waals surface area contributed by atoms with E-state index >= 15 is 0 Å². The van der Waals surface area contributed by atoms with Crippen LogP contribution in [-0.2, 0) is 16.1 Å². The van der Waals surface area contributed by atoms with Gasteiger partial charge in [-0.3, -0.25) is 0 Å². The van der Waals surface area contributed by atoms with E-state index in [2.05, 4.69) is 24.8 Å². The molecule has 0 aliphatic heterocycles. The summed E-state index contributed by atoms with van der Waals surface area (Å²) in [5.74, 6) is -0.352. The third-order valence-electron chi connectivity index (χ3n) is 3.24. The van der Waals surface area contributed by atoms with Gasteiger partial charge in [-0.1, -0.05) is 55.1 Å². The van der Waals surface area contributed by atoms with Gasteiger partial charge in [0.1, 0.15) is 6.61 Å². The molecule has 0 heterocycles. The first kappa shape index (κ1) is 14.1. The number of esters is 1. The smallest absolute Gasteiger partial charge is 0.333 e. The second kappa shape index (κ2) is 6.20. The van der Waals surface area contributed by atoms with Crippen molar-refractivity contribution in [3.8, 4) is 11.1 Å². The van der Waals surface area contributed by atoms with E-state index in [9.17, 15) is 4.79 Å². The molecule has 2 aromatic carbocycles. The zero-order valence-corrected chi connectivity index (χ0v) is 11.8. The maximum Gasteiger partial charge on any atom is 0.333 e. The predicted molar refractivity (Wildman–Crippen MR) is 81.2 cm³/mol. The molecule has 0 spiro atoms. The summed E-state index contributed by atoms with van der Waals surface area (Å²) in [6.45, 7) is 7.55. The number of hydrogen-bond donors (Lipinski definition) is 0. The molecular weight excluding hydrogens is 248 g/mol. The average Bonchev–Trinajstić information content (AvgIpc) is 2.46. The summed E-state index contributed by atoms with van der Waals surface area (Å²) in [5, 5.41) is 0. The van der Waals surface area contributed by atoms with Crippen molar-refractivity contribution in [2.45, 2.75) is 20.5 Å². The Hall–Kier alpha value is -2.35. The highest BCUT2D eigenvalue weighted by atomic mass is 16.5. The molecule has 0 N–H and O–H groups in total. The Balaban J connectivity index is 2.24. The van der Waals surface area contributed by atoms with Gasteiger partial charge in [-0.15, -0.1) is 0 Å². The fourth-order valence-corrected chi connectivity index (χ4v) is 2.04. The molecule has 0 aromatic heterocycles. The van der Waals surface area contributed by atoms with Gasteiger partial charge in [0.25, 0.3) is 0 Å². The second-order valence-electron chi connectivity index (χ2n) is 4.81. The van der Waals surface area contributed by atoms with Crippen LogP contribution in [0, 0.1) is 6.92 Å². The lowest BCUT2D eigenvalue weighted by Gasteiger charge is -2.12. The minimum atomic E-state index is -0.352. The molecule has 0 fully saturated rings. The molecule has 2 rings (SSSR count). The molecule has 0 aliphatic carbocycles. The molecule has 0 saturated carbocycles. The van der Waals surface area contributed by atoms with E-state index in [1.165, 1.54) is 0 Å². The zero-order chi connectivity index (χ0) is 14.5. The van der Waals surface area contributed by atoms with Crippen LogP contribution in [-0.4, -0.2) is 5.97 Å². The van der Waals surface area contributed by atoms with Crippen LogP contribution in [0.1, 0.15) is 18.1 Å². The summed E-state index contributed by atoms with van der Waals surface area (Å²) in [6, 6.07) is 16.2. The third-order valence-corrected chi connectivity index (χ3v) is 3.24. The minimum Gasteiger partial charge on any atom is -0.457 e. The Morgan fingerprint density at radius 3 is 2.45 bits per heavy atom. The van der Waals surface area contributed by atoms with Crippen molar-refractivity contribution in [3.05, 3.63) is 71.8 Å². The highest BCUT2D eigenvalue weighted by molar-refractivity contribution is 5.86. The van der Waals surface area contributed by atoms with Crippen LogP contribution in [0.15, 0.2) is 60.7 Å². The van der Waals surface area contributed by atoms with Gasteiger partial charge in [-0.05, 0) is 36.1 Å². The van der Waals surface area contributed by atoms with Crippen LogP contribution in [0.4, 0.5) is 0 Å². The van der Waals surface area contributed by atoms with Gasteiger partial charge < -0.3 is 4.74 Å². The summed E-state index contributed by atoms with van der Waals surface area (Å²) in [7, 11) is 0. The van der Waals surface area contributed by atoms with Gasteiger partial charge in [-0.2, -0.15) is 0 Å². The third kappa shape index (κ3) is 3.15. The van der Waals surface area contributed by atoms with Gasteiger partial charge in [0.15, 0.2) is 0 Å². The number of rotatable bonds is 4. The molecule has 0 radical (unpaired) electrons. The summed E-state index contributed by atoms with van der Waals surface area (Å²) in [4.78, 5) is 11.5. The first-order chi connectivity index (χ1) is 9.59. The van der Waals surface area contributed by atoms with Crippen LogP contribution >= 0.6 is 0 Å². The molecule has 20 heavy (non-hydrogen) atoms. The van der Waals surface area contributed by atoms with Gasteiger partial charge >= 0.3 is 5.97 Å². The summed E-state index contributed by atoms with van der Waals surface area (Å²) in [5.41, 5.74) is 4.89. The quantitative estimate of drug-likeness (QED) is 0.610. The lowest BCUT2D eigenvalue weighted by molar-refractivity contribution is -0.140. The zero-order valence-electron chi connectivity index (χ0n) is 11.8. The second-order valence-corrected chi connectivity index (χ2v) is 4.81. The summed E-state index contributed by atoms with van der Waals surface area (Å²) in [6.07, 6.45) is 0. The van der Waals surface area contributed by atoms with Crippen LogP contribution in [0.3, 0.4) is 0 Å². The predicted octanol–water partition coefficient (Wildman–Crippen LogP) is 4.28. The molecule has 0 saturated heterocycles. The summed E-state index contributed by atoms with van der Waals surface area (Å²) >= 11 is 0. The van der Waals surface area contributed by atoms with Gasteiger partial charge in [0.05, 0.1) is 0 Å². The Kier molecular flexibility index (Phi) is 4.36. The van der Waals surface area contributed by atoms with Gasteiger partial charge in [-0.25, -0.2) is 4.79 Å². The Morgan fingerprint density at radius 2 is 1.80 bits per heavy atom. The van der Waals surface area contributed by atoms with Crippen molar-refractivity contribution in [3.63, 3.8) is 0 Å². The topological polar surface area (TPSA) is 26.3 Å². The number of carbonyl (C=O) groups is 1. The first-order valence-electron chi connectivity index (χ1n) is 6.56. The first-order valence-corrected chi connectivity index (χ1v) is 6.56. The van der Waals surface area contributed by atoms with Gasteiger partial charge in [0, 0.05) is 5.57 Å². The summed E-state index contributed by atoms with van der Waals surface area (Å²) < 4.78 is 5.22. The van der Waals surface area contributed by atoms with E-state index in [4.69, 9.17) is 4.74 Å². The van der Waals surface area contributed by atoms with Crippen LogP contribution in [0.5, 0.6) is 0 Å². The van der Waals surface area contributed by atoms with Crippen molar-refractivity contribution >= 4 is 5.97 Å². The van der Waals surface area contributed by atoms with Gasteiger partial charge in [0.2, 0.25) is 0 Å². The monoisotopic (exact) mass is 266 g/mol. The van der Waals surface area contributed by atoms with Crippen LogP contribution in [0.25, 0.3) is 11.1 Å². The lowest BCUT2D eigenvalue weighted by Crippen LogP contribution is -2.06. The number of ether oxygens (including phenoxy) is 1. The van der Waals surface area contributed by atoms with Crippen molar-refractivity contribution in [2.75, 3.05) is 0 Å². The molecule has 0 aliphatic rings. The van der Waals surface area contributed by atoms with E-state index in [1.54, 1.807) is 6.92 Å². The molecule has 102 valence electrons. The van der Waals surface area contributed by atoms with E-state index < -0.39 is 0 Å². The Morgan fingerprint density at radius 1 is 1.10 bits per heavy atom. The Labute approximate surface area is 119 Å². The highest BCUT2D eigenvalue weighted by Gasteiger charge is 2.08. The molecule has 2 aromatic rings. The molecule has 0 unspecified atom stereocenters. The van der Waals surface area contributed by atoms with E-state index in [0.717, 1.165) is 22.3 Å². The number of benzene rings is 2. The molecule has 0 bridgehead atoms. The fourth-order valence-electron chi connectivity index (χ4n) is 2.04.